The molecule has 4 rings (SSSR count). The Balaban J connectivity index is 1.27. The minimum atomic E-state index is -0.545. The molecule has 1 aliphatic heterocycles. The Morgan fingerprint density at radius 3 is 1.95 bits per heavy atom. The number of hydrogen-bond acceptors (Lipinski definition) is 3. The molecule has 0 unspecified atom stereocenters. The van der Waals surface area contributed by atoms with Crippen molar-refractivity contribution in [2.24, 2.45) is 0 Å². The molecule has 0 atom stereocenters. The number of esters is 1. The molecule has 1 aliphatic rings. The summed E-state index contributed by atoms with van der Waals surface area (Å²) in [6.45, 7) is 4.95. The highest BCUT2D eigenvalue weighted by Crippen LogP contribution is 2.35. The maximum Gasteiger partial charge on any atom is 0.339 e. The molecule has 0 bridgehead atoms. The summed E-state index contributed by atoms with van der Waals surface area (Å²) in [5, 5.41) is 2.29. The first kappa shape index (κ1) is 27.9. The lowest BCUT2D eigenvalue weighted by Gasteiger charge is -2.36. The third-order valence-corrected chi connectivity index (χ3v) is 7.67. The lowest BCUT2D eigenvalue weighted by molar-refractivity contribution is -0.668. The van der Waals surface area contributed by atoms with Gasteiger partial charge in [-0.1, -0.05) is 106 Å². The zero-order valence-corrected chi connectivity index (χ0v) is 23.0. The third kappa shape index (κ3) is 7.94. The van der Waals surface area contributed by atoms with Gasteiger partial charge < -0.3 is 14.8 Å². The number of ether oxygens (including phenoxy) is 2. The Bertz CT molecular complexity index is 1090. The SMILES string of the molecule is CCCCCCCCCCOc1ccc(-c2ccc(C(=O)OC3(c4ccccc4)CC[NH2+]CC3)cc2)cc1. The monoisotopic (exact) mass is 514 g/mol. The van der Waals surface area contributed by atoms with Gasteiger partial charge in [-0.25, -0.2) is 4.79 Å². The third-order valence-electron chi connectivity index (χ3n) is 7.67. The van der Waals surface area contributed by atoms with Crippen LogP contribution in [0, 0.1) is 0 Å². The highest BCUT2D eigenvalue weighted by molar-refractivity contribution is 5.90. The number of rotatable bonds is 14. The van der Waals surface area contributed by atoms with E-state index in [1.807, 2.05) is 54.6 Å². The fourth-order valence-corrected chi connectivity index (χ4v) is 5.34. The zero-order valence-electron chi connectivity index (χ0n) is 23.0. The van der Waals surface area contributed by atoms with Crippen molar-refractivity contribution in [1.29, 1.82) is 0 Å². The van der Waals surface area contributed by atoms with E-state index in [2.05, 4.69) is 36.5 Å². The quantitative estimate of drug-likeness (QED) is 0.182. The molecule has 1 saturated heterocycles. The van der Waals surface area contributed by atoms with Crippen molar-refractivity contribution in [1.82, 2.24) is 0 Å². The van der Waals surface area contributed by atoms with Crippen molar-refractivity contribution >= 4 is 5.97 Å². The predicted octanol–water partition coefficient (Wildman–Crippen LogP) is 7.28. The van der Waals surface area contributed by atoms with Crippen LogP contribution in [-0.4, -0.2) is 25.7 Å². The molecule has 3 aromatic rings. The molecule has 38 heavy (non-hydrogen) atoms. The van der Waals surface area contributed by atoms with E-state index in [0.29, 0.717) is 5.56 Å². The van der Waals surface area contributed by atoms with Gasteiger partial charge in [-0.15, -0.1) is 0 Å². The van der Waals surface area contributed by atoms with Crippen molar-refractivity contribution in [2.75, 3.05) is 19.7 Å². The summed E-state index contributed by atoms with van der Waals surface area (Å²) in [4.78, 5) is 13.2. The van der Waals surface area contributed by atoms with Crippen LogP contribution in [0.15, 0.2) is 78.9 Å². The van der Waals surface area contributed by atoms with Crippen LogP contribution < -0.4 is 10.1 Å². The maximum absolute atomic E-state index is 13.2. The summed E-state index contributed by atoms with van der Waals surface area (Å²) in [5.41, 5.74) is 3.30. The summed E-state index contributed by atoms with van der Waals surface area (Å²) >= 11 is 0. The first-order chi connectivity index (χ1) is 18.7. The molecule has 0 saturated carbocycles. The molecule has 4 heteroatoms. The number of unbranched alkanes of at least 4 members (excludes halogenated alkanes) is 7. The summed E-state index contributed by atoms with van der Waals surface area (Å²) < 4.78 is 12.2. The van der Waals surface area contributed by atoms with Gasteiger partial charge in [-0.05, 0) is 47.4 Å². The molecule has 0 aliphatic carbocycles. The van der Waals surface area contributed by atoms with Crippen LogP contribution in [0.5, 0.6) is 5.75 Å². The Labute approximate surface area is 228 Å². The Morgan fingerprint density at radius 1 is 0.737 bits per heavy atom. The van der Waals surface area contributed by atoms with E-state index < -0.39 is 5.60 Å². The lowest BCUT2D eigenvalue weighted by Crippen LogP contribution is -2.87. The zero-order chi connectivity index (χ0) is 26.5. The molecule has 4 nitrogen and oxygen atoms in total. The van der Waals surface area contributed by atoms with Crippen LogP contribution in [0.25, 0.3) is 11.1 Å². The van der Waals surface area contributed by atoms with E-state index >= 15 is 0 Å². The number of carbonyl (C=O) groups excluding carboxylic acids is 1. The second-order valence-electron chi connectivity index (χ2n) is 10.5. The van der Waals surface area contributed by atoms with E-state index in [4.69, 9.17) is 9.47 Å². The highest BCUT2D eigenvalue weighted by atomic mass is 16.6. The summed E-state index contributed by atoms with van der Waals surface area (Å²) in [7, 11) is 0. The van der Waals surface area contributed by atoms with Gasteiger partial charge in [-0.3, -0.25) is 0 Å². The second-order valence-corrected chi connectivity index (χ2v) is 10.5. The van der Waals surface area contributed by atoms with Crippen molar-refractivity contribution < 1.29 is 19.6 Å². The van der Waals surface area contributed by atoms with Gasteiger partial charge in [0.25, 0.3) is 0 Å². The van der Waals surface area contributed by atoms with Gasteiger partial charge >= 0.3 is 5.97 Å². The molecule has 0 amide bonds. The largest absolute Gasteiger partial charge is 0.494 e. The number of piperidine rings is 1. The van der Waals surface area contributed by atoms with Gasteiger partial charge in [0.05, 0.1) is 25.3 Å². The van der Waals surface area contributed by atoms with Crippen LogP contribution >= 0.6 is 0 Å². The van der Waals surface area contributed by atoms with E-state index in [-0.39, 0.29) is 5.97 Å². The predicted molar refractivity (Wildman–Crippen MR) is 154 cm³/mol. The van der Waals surface area contributed by atoms with Crippen LogP contribution in [0.4, 0.5) is 0 Å². The topological polar surface area (TPSA) is 52.1 Å². The molecule has 2 N–H and O–H groups in total. The average molecular weight is 515 g/mol. The van der Waals surface area contributed by atoms with Crippen molar-refractivity contribution in [3.63, 3.8) is 0 Å². The fraction of sp³-hybridized carbons (Fsp3) is 0.441. The van der Waals surface area contributed by atoms with Crippen LogP contribution in [0.2, 0.25) is 0 Å². The fourth-order valence-electron chi connectivity index (χ4n) is 5.34. The number of nitrogens with two attached hydrogens (primary N) is 1. The molecule has 0 aromatic heterocycles. The van der Waals surface area contributed by atoms with Gasteiger partial charge in [0.15, 0.2) is 0 Å². The van der Waals surface area contributed by atoms with E-state index in [9.17, 15) is 4.79 Å². The lowest BCUT2D eigenvalue weighted by atomic mass is 9.84. The molecule has 1 heterocycles. The average Bonchev–Trinajstić information content (AvgIpc) is 2.98. The van der Waals surface area contributed by atoms with E-state index in [1.165, 1.54) is 44.9 Å². The Hall–Kier alpha value is -3.11. The van der Waals surface area contributed by atoms with E-state index in [1.54, 1.807) is 0 Å². The number of carbonyl (C=O) groups is 1. The Kier molecular flexibility index (Phi) is 10.8. The van der Waals surface area contributed by atoms with Crippen molar-refractivity contribution in [2.45, 2.75) is 76.7 Å². The molecular weight excluding hydrogens is 470 g/mol. The molecule has 3 aromatic carbocycles. The minimum Gasteiger partial charge on any atom is -0.494 e. The van der Waals surface area contributed by atoms with Crippen molar-refractivity contribution in [3.8, 4) is 16.9 Å². The second kappa shape index (κ2) is 14.7. The molecule has 0 spiro atoms. The van der Waals surface area contributed by atoms with Gasteiger partial charge in [0.1, 0.15) is 11.4 Å². The Morgan fingerprint density at radius 2 is 1.32 bits per heavy atom. The van der Waals surface area contributed by atoms with Gasteiger partial charge in [0.2, 0.25) is 0 Å². The van der Waals surface area contributed by atoms with E-state index in [0.717, 1.165) is 61.4 Å². The molecular formula is C34H44NO3+. The standard InChI is InChI=1S/C34H43NO3/c1-2-3-4-5-6-7-8-12-27-37-32-21-19-29(20-22-32)28-15-17-30(18-16-28)33(36)38-34(23-25-35-26-24-34)31-13-10-9-11-14-31/h9-11,13-22,35H,2-8,12,23-27H2,1H3/p+1. The molecule has 0 radical (unpaired) electrons. The van der Waals surface area contributed by atoms with Crippen LogP contribution in [0.1, 0.15) is 87.1 Å². The summed E-state index contributed by atoms with van der Waals surface area (Å²) in [6.07, 6.45) is 12.1. The van der Waals surface area contributed by atoms with Gasteiger partial charge in [-0.2, -0.15) is 0 Å². The number of benzene rings is 3. The van der Waals surface area contributed by atoms with Crippen molar-refractivity contribution in [3.05, 3.63) is 90.0 Å². The first-order valence-corrected chi connectivity index (χ1v) is 14.6. The molecule has 1 fully saturated rings. The normalized spacial score (nSPS) is 14.7. The number of hydrogen-bond donors (Lipinski definition) is 1. The minimum absolute atomic E-state index is 0.257. The smallest absolute Gasteiger partial charge is 0.339 e. The van der Waals surface area contributed by atoms with Crippen LogP contribution in [-0.2, 0) is 10.3 Å². The first-order valence-electron chi connectivity index (χ1n) is 14.6. The van der Waals surface area contributed by atoms with Crippen LogP contribution in [0.3, 0.4) is 0 Å². The highest BCUT2D eigenvalue weighted by Gasteiger charge is 2.39. The summed E-state index contributed by atoms with van der Waals surface area (Å²) in [5.74, 6) is 0.653. The maximum atomic E-state index is 13.2. The summed E-state index contributed by atoms with van der Waals surface area (Å²) in [6, 6.07) is 26.2. The van der Waals surface area contributed by atoms with Gasteiger partial charge in [0, 0.05) is 12.8 Å². The molecule has 202 valence electrons. The number of quaternary nitrogens is 1.